The SMILES string of the molecule is NC1(c2c(F)cccc2Cl)CC2(CCOCC2)C1. The average molecular weight is 270 g/mol. The lowest BCUT2D eigenvalue weighted by Gasteiger charge is -2.56. The van der Waals surface area contributed by atoms with Crippen LogP contribution in [0.1, 0.15) is 31.2 Å². The molecule has 4 heteroatoms. The normalized spacial score (nSPS) is 24.8. The maximum atomic E-state index is 13.9. The topological polar surface area (TPSA) is 35.2 Å². The van der Waals surface area contributed by atoms with E-state index in [9.17, 15) is 4.39 Å². The molecular weight excluding hydrogens is 253 g/mol. The molecule has 0 bridgehead atoms. The molecule has 0 atom stereocenters. The Morgan fingerprint density at radius 3 is 2.50 bits per heavy atom. The Kier molecular flexibility index (Phi) is 2.88. The molecule has 0 aromatic heterocycles. The highest BCUT2D eigenvalue weighted by Crippen LogP contribution is 2.58. The molecule has 1 aromatic carbocycles. The number of benzene rings is 1. The lowest BCUT2D eigenvalue weighted by Crippen LogP contribution is -2.57. The summed E-state index contributed by atoms with van der Waals surface area (Å²) >= 11 is 6.11. The predicted octanol–water partition coefficient (Wildman–Crippen LogP) is 3.22. The Morgan fingerprint density at radius 2 is 1.89 bits per heavy atom. The number of rotatable bonds is 1. The zero-order valence-corrected chi connectivity index (χ0v) is 11.0. The van der Waals surface area contributed by atoms with Crippen molar-refractivity contribution in [3.8, 4) is 0 Å². The van der Waals surface area contributed by atoms with Crippen molar-refractivity contribution in [1.29, 1.82) is 0 Å². The second kappa shape index (κ2) is 4.19. The van der Waals surface area contributed by atoms with Crippen molar-refractivity contribution >= 4 is 11.6 Å². The summed E-state index contributed by atoms with van der Waals surface area (Å²) < 4.78 is 19.3. The fraction of sp³-hybridized carbons (Fsp3) is 0.571. The van der Waals surface area contributed by atoms with Crippen molar-refractivity contribution in [3.63, 3.8) is 0 Å². The molecule has 1 saturated heterocycles. The first-order valence-corrected chi connectivity index (χ1v) is 6.74. The summed E-state index contributed by atoms with van der Waals surface area (Å²) in [5.41, 5.74) is 6.51. The lowest BCUT2D eigenvalue weighted by molar-refractivity contribution is -0.0733. The van der Waals surface area contributed by atoms with Gasteiger partial charge in [0.15, 0.2) is 0 Å². The first kappa shape index (κ1) is 12.4. The van der Waals surface area contributed by atoms with Gasteiger partial charge in [0.05, 0.1) is 0 Å². The van der Waals surface area contributed by atoms with E-state index in [0.29, 0.717) is 10.6 Å². The van der Waals surface area contributed by atoms with Crippen LogP contribution in [0, 0.1) is 11.2 Å². The third-order valence-electron chi connectivity index (χ3n) is 4.40. The summed E-state index contributed by atoms with van der Waals surface area (Å²) in [5.74, 6) is -0.285. The van der Waals surface area contributed by atoms with Crippen LogP contribution >= 0.6 is 11.6 Å². The zero-order chi connectivity index (χ0) is 12.8. The first-order valence-electron chi connectivity index (χ1n) is 6.36. The number of halogens is 2. The van der Waals surface area contributed by atoms with Gasteiger partial charge in [0.1, 0.15) is 5.82 Å². The summed E-state index contributed by atoms with van der Waals surface area (Å²) in [6.45, 7) is 1.59. The van der Waals surface area contributed by atoms with Crippen LogP contribution in [-0.4, -0.2) is 13.2 Å². The molecule has 2 fully saturated rings. The van der Waals surface area contributed by atoms with Crippen LogP contribution < -0.4 is 5.73 Å². The standard InChI is InChI=1S/C14H17ClFNO/c15-10-2-1-3-11(16)12(10)14(17)8-13(9-14)4-6-18-7-5-13/h1-3H,4-9,17H2. The maximum absolute atomic E-state index is 13.9. The Balaban J connectivity index is 1.86. The quantitative estimate of drug-likeness (QED) is 0.850. The van der Waals surface area contributed by atoms with Crippen molar-refractivity contribution in [1.82, 2.24) is 0 Å². The second-order valence-corrected chi connectivity index (χ2v) is 6.13. The molecule has 2 nitrogen and oxygen atoms in total. The Morgan fingerprint density at radius 1 is 1.22 bits per heavy atom. The van der Waals surface area contributed by atoms with Gasteiger partial charge in [0.25, 0.3) is 0 Å². The smallest absolute Gasteiger partial charge is 0.129 e. The third kappa shape index (κ3) is 1.85. The van der Waals surface area contributed by atoms with Gasteiger partial charge in [-0.3, -0.25) is 0 Å². The minimum atomic E-state index is -0.597. The molecule has 2 aliphatic rings. The van der Waals surface area contributed by atoms with Crippen molar-refractivity contribution < 1.29 is 9.13 Å². The molecule has 1 aliphatic carbocycles. The van der Waals surface area contributed by atoms with Crippen molar-refractivity contribution in [2.75, 3.05) is 13.2 Å². The Hall–Kier alpha value is -0.640. The van der Waals surface area contributed by atoms with E-state index in [2.05, 4.69) is 0 Å². The van der Waals surface area contributed by atoms with E-state index in [1.165, 1.54) is 6.07 Å². The van der Waals surface area contributed by atoms with Crippen molar-refractivity contribution in [3.05, 3.63) is 34.6 Å². The predicted molar refractivity (Wildman–Crippen MR) is 69.0 cm³/mol. The average Bonchev–Trinajstić information content (AvgIpc) is 2.28. The van der Waals surface area contributed by atoms with Gasteiger partial charge in [-0.05, 0) is 43.2 Å². The summed E-state index contributed by atoms with van der Waals surface area (Å²) in [7, 11) is 0. The fourth-order valence-corrected chi connectivity index (χ4v) is 3.95. The number of nitrogens with two attached hydrogens (primary N) is 1. The molecular formula is C14H17ClFNO. The van der Waals surface area contributed by atoms with Gasteiger partial charge in [0, 0.05) is 29.3 Å². The van der Waals surface area contributed by atoms with Gasteiger partial charge in [-0.1, -0.05) is 17.7 Å². The van der Waals surface area contributed by atoms with Gasteiger partial charge in [-0.2, -0.15) is 0 Å². The van der Waals surface area contributed by atoms with Crippen LogP contribution in [0.25, 0.3) is 0 Å². The Bertz CT molecular complexity index is 443. The second-order valence-electron chi connectivity index (χ2n) is 5.72. The monoisotopic (exact) mass is 269 g/mol. The minimum Gasteiger partial charge on any atom is -0.381 e. The van der Waals surface area contributed by atoms with Crippen LogP contribution in [0.15, 0.2) is 18.2 Å². The molecule has 1 aromatic rings. The van der Waals surface area contributed by atoms with Crippen LogP contribution in [0.4, 0.5) is 4.39 Å². The van der Waals surface area contributed by atoms with E-state index in [0.717, 1.165) is 38.9 Å². The highest BCUT2D eigenvalue weighted by Gasteiger charge is 2.54. The number of hydrogen-bond donors (Lipinski definition) is 1. The van der Waals surface area contributed by atoms with Crippen LogP contribution in [-0.2, 0) is 10.3 Å². The molecule has 1 heterocycles. The molecule has 0 unspecified atom stereocenters. The number of hydrogen-bond acceptors (Lipinski definition) is 2. The van der Waals surface area contributed by atoms with Crippen LogP contribution in [0.3, 0.4) is 0 Å². The van der Waals surface area contributed by atoms with Crippen LogP contribution in [0.2, 0.25) is 5.02 Å². The fourth-order valence-electron chi connectivity index (χ4n) is 3.59. The molecule has 1 aliphatic heterocycles. The lowest BCUT2D eigenvalue weighted by atomic mass is 9.52. The summed E-state index contributed by atoms with van der Waals surface area (Å²) in [6.07, 6.45) is 3.67. The van der Waals surface area contributed by atoms with E-state index < -0.39 is 5.54 Å². The van der Waals surface area contributed by atoms with E-state index in [-0.39, 0.29) is 11.2 Å². The molecule has 98 valence electrons. The van der Waals surface area contributed by atoms with Crippen molar-refractivity contribution in [2.24, 2.45) is 11.1 Å². The van der Waals surface area contributed by atoms with Crippen molar-refractivity contribution in [2.45, 2.75) is 31.2 Å². The minimum absolute atomic E-state index is 0.249. The van der Waals surface area contributed by atoms with E-state index in [1.54, 1.807) is 12.1 Å². The maximum Gasteiger partial charge on any atom is 0.129 e. The summed E-state index contributed by atoms with van der Waals surface area (Å²) in [5, 5.41) is 0.444. The number of ether oxygens (including phenoxy) is 1. The highest BCUT2D eigenvalue weighted by molar-refractivity contribution is 6.31. The van der Waals surface area contributed by atoms with E-state index in [4.69, 9.17) is 22.1 Å². The van der Waals surface area contributed by atoms with Gasteiger partial charge < -0.3 is 10.5 Å². The highest BCUT2D eigenvalue weighted by atomic mass is 35.5. The van der Waals surface area contributed by atoms with Gasteiger partial charge in [-0.25, -0.2) is 4.39 Å². The molecule has 0 amide bonds. The zero-order valence-electron chi connectivity index (χ0n) is 10.2. The molecule has 1 saturated carbocycles. The third-order valence-corrected chi connectivity index (χ3v) is 4.71. The molecule has 0 radical (unpaired) electrons. The Labute approximate surface area is 111 Å². The molecule has 1 spiro atoms. The summed E-state index contributed by atoms with van der Waals surface area (Å²) in [4.78, 5) is 0. The first-order chi connectivity index (χ1) is 8.55. The summed E-state index contributed by atoms with van der Waals surface area (Å²) in [6, 6.07) is 4.77. The van der Waals surface area contributed by atoms with E-state index >= 15 is 0 Å². The van der Waals surface area contributed by atoms with Crippen LogP contribution in [0.5, 0.6) is 0 Å². The molecule has 18 heavy (non-hydrogen) atoms. The molecule has 3 rings (SSSR count). The van der Waals surface area contributed by atoms with E-state index in [1.807, 2.05) is 0 Å². The molecule has 2 N–H and O–H groups in total. The van der Waals surface area contributed by atoms with Gasteiger partial charge in [0.2, 0.25) is 0 Å². The largest absolute Gasteiger partial charge is 0.381 e. The van der Waals surface area contributed by atoms with Gasteiger partial charge >= 0.3 is 0 Å². The van der Waals surface area contributed by atoms with Gasteiger partial charge in [-0.15, -0.1) is 0 Å².